The van der Waals surface area contributed by atoms with Crippen molar-refractivity contribution in [2.45, 2.75) is 34.1 Å². The minimum Gasteiger partial charge on any atom is -0.285 e. The van der Waals surface area contributed by atoms with Crippen LogP contribution < -0.4 is 0 Å². The van der Waals surface area contributed by atoms with Crippen molar-refractivity contribution in [2.24, 2.45) is 4.99 Å². The molecule has 0 atom stereocenters. The fraction of sp³-hybridized carbons (Fsp3) is 0.583. The third kappa shape index (κ3) is 6.03. The molecule has 0 spiro atoms. The summed E-state index contributed by atoms with van der Waals surface area (Å²) in [4.78, 5) is 4.55. The van der Waals surface area contributed by atoms with Crippen LogP contribution >= 0.6 is 12.6 Å². The van der Waals surface area contributed by atoms with Gasteiger partial charge >= 0.3 is 0 Å². The monoisotopic (exact) mass is 211 g/mol. The lowest BCUT2D eigenvalue weighted by molar-refractivity contribution is 0.946. The Bertz CT molecular complexity index is 245. The average Bonchev–Trinajstić information content (AvgIpc) is 2.15. The molecular weight excluding hydrogens is 190 g/mol. The zero-order chi connectivity index (χ0) is 11.0. The molecule has 0 aromatic heterocycles. The Labute approximate surface area is 93.4 Å². The molecule has 0 rings (SSSR count). The van der Waals surface area contributed by atoms with Crippen molar-refractivity contribution in [3.63, 3.8) is 0 Å². The molecule has 0 N–H and O–H groups in total. The lowest BCUT2D eigenvalue weighted by Crippen LogP contribution is -1.99. The third-order valence-corrected chi connectivity index (χ3v) is 2.18. The molecule has 0 heterocycles. The van der Waals surface area contributed by atoms with Crippen molar-refractivity contribution >= 4 is 18.3 Å². The van der Waals surface area contributed by atoms with Crippen molar-refractivity contribution in [1.29, 1.82) is 0 Å². The van der Waals surface area contributed by atoms with Crippen molar-refractivity contribution in [1.82, 2.24) is 0 Å². The van der Waals surface area contributed by atoms with Crippen LogP contribution in [0.25, 0.3) is 0 Å². The molecule has 0 unspecified atom stereocenters. The molecule has 0 aliphatic rings. The van der Waals surface area contributed by atoms with Crippen LogP contribution in [0.5, 0.6) is 0 Å². The highest BCUT2D eigenvalue weighted by Gasteiger charge is 1.96. The SMILES string of the molecule is C/C=C(/C)C(C=C(C)C)=NCCCS. The van der Waals surface area contributed by atoms with E-state index in [4.69, 9.17) is 0 Å². The summed E-state index contributed by atoms with van der Waals surface area (Å²) in [5, 5.41) is 0. The van der Waals surface area contributed by atoms with Crippen LogP contribution in [-0.4, -0.2) is 18.0 Å². The van der Waals surface area contributed by atoms with Gasteiger partial charge in [-0.2, -0.15) is 12.6 Å². The maximum absolute atomic E-state index is 4.55. The Hall–Kier alpha value is -0.500. The summed E-state index contributed by atoms with van der Waals surface area (Å²) in [5.74, 6) is 0.903. The summed E-state index contributed by atoms with van der Waals surface area (Å²) in [6, 6.07) is 0. The van der Waals surface area contributed by atoms with Gasteiger partial charge in [0.15, 0.2) is 0 Å². The van der Waals surface area contributed by atoms with E-state index in [1.54, 1.807) is 0 Å². The van der Waals surface area contributed by atoms with Gasteiger partial charge < -0.3 is 0 Å². The minimum absolute atomic E-state index is 0.869. The Morgan fingerprint density at radius 1 is 1.29 bits per heavy atom. The van der Waals surface area contributed by atoms with Gasteiger partial charge in [-0.1, -0.05) is 11.6 Å². The number of rotatable bonds is 5. The number of nitrogens with zero attached hydrogens (tertiary/aromatic N) is 1. The van der Waals surface area contributed by atoms with Crippen LogP contribution in [0, 0.1) is 0 Å². The van der Waals surface area contributed by atoms with Crippen LogP contribution in [0.4, 0.5) is 0 Å². The molecule has 0 fully saturated rings. The zero-order valence-electron chi connectivity index (χ0n) is 9.67. The highest BCUT2D eigenvalue weighted by atomic mass is 32.1. The van der Waals surface area contributed by atoms with Gasteiger partial charge in [0.2, 0.25) is 0 Å². The van der Waals surface area contributed by atoms with Crippen LogP contribution in [0.15, 0.2) is 28.3 Å². The molecule has 0 radical (unpaired) electrons. The molecule has 0 saturated heterocycles. The standard InChI is InChI=1S/C12H21NS/c1-5-11(4)12(9-10(2)3)13-7-6-8-14/h5,9,14H,6-8H2,1-4H3/b11-5-,13-12?. The van der Waals surface area contributed by atoms with Gasteiger partial charge in [-0.25, -0.2) is 0 Å². The largest absolute Gasteiger partial charge is 0.285 e. The topological polar surface area (TPSA) is 12.4 Å². The van der Waals surface area contributed by atoms with Gasteiger partial charge in [0, 0.05) is 6.54 Å². The molecule has 0 aliphatic carbocycles. The van der Waals surface area contributed by atoms with Crippen molar-refractivity contribution < 1.29 is 0 Å². The van der Waals surface area contributed by atoms with Crippen molar-refractivity contribution in [2.75, 3.05) is 12.3 Å². The summed E-state index contributed by atoms with van der Waals surface area (Å²) >= 11 is 4.17. The van der Waals surface area contributed by atoms with E-state index in [-0.39, 0.29) is 0 Å². The highest BCUT2D eigenvalue weighted by Crippen LogP contribution is 2.03. The van der Waals surface area contributed by atoms with Gasteiger partial charge in [0.25, 0.3) is 0 Å². The Morgan fingerprint density at radius 2 is 1.93 bits per heavy atom. The maximum atomic E-state index is 4.55. The van der Waals surface area contributed by atoms with Gasteiger partial charge in [0.1, 0.15) is 0 Å². The fourth-order valence-corrected chi connectivity index (χ4v) is 1.12. The Balaban J connectivity index is 4.56. The summed E-state index contributed by atoms with van der Waals surface area (Å²) in [5.41, 5.74) is 3.63. The van der Waals surface area contributed by atoms with Crippen LogP contribution in [0.2, 0.25) is 0 Å². The summed E-state index contributed by atoms with van der Waals surface area (Å²) in [6.07, 6.45) is 5.27. The Morgan fingerprint density at radius 3 is 2.36 bits per heavy atom. The first kappa shape index (κ1) is 13.5. The molecule has 0 aromatic carbocycles. The summed E-state index contributed by atoms with van der Waals surface area (Å²) in [6.45, 7) is 9.20. The van der Waals surface area contributed by atoms with E-state index >= 15 is 0 Å². The maximum Gasteiger partial charge on any atom is 0.0599 e. The molecule has 1 nitrogen and oxygen atoms in total. The predicted molar refractivity (Wildman–Crippen MR) is 69.6 cm³/mol. The van der Waals surface area contributed by atoms with Crippen molar-refractivity contribution in [3.8, 4) is 0 Å². The second-order valence-corrected chi connectivity index (χ2v) is 3.98. The molecule has 2 heteroatoms. The molecule has 0 amide bonds. The zero-order valence-corrected chi connectivity index (χ0v) is 10.6. The van der Waals surface area contributed by atoms with E-state index < -0.39 is 0 Å². The summed E-state index contributed by atoms with van der Waals surface area (Å²) in [7, 11) is 0. The first-order valence-corrected chi connectivity index (χ1v) is 5.68. The smallest absolute Gasteiger partial charge is 0.0599 e. The van der Waals surface area contributed by atoms with Gasteiger partial charge in [-0.05, 0) is 51.5 Å². The molecule has 0 saturated carbocycles. The lowest BCUT2D eigenvalue weighted by atomic mass is 10.1. The van der Waals surface area contributed by atoms with Crippen LogP contribution in [0.3, 0.4) is 0 Å². The summed E-state index contributed by atoms with van der Waals surface area (Å²) < 4.78 is 0. The minimum atomic E-state index is 0.869. The first-order valence-electron chi connectivity index (χ1n) is 5.05. The third-order valence-electron chi connectivity index (χ3n) is 1.86. The molecule has 0 aliphatic heterocycles. The molecule has 14 heavy (non-hydrogen) atoms. The molecular formula is C12H21NS. The molecule has 80 valence electrons. The second kappa shape index (κ2) is 7.86. The van der Waals surface area contributed by atoms with Crippen LogP contribution in [0.1, 0.15) is 34.1 Å². The van der Waals surface area contributed by atoms with Crippen LogP contribution in [-0.2, 0) is 0 Å². The average molecular weight is 211 g/mol. The normalized spacial score (nSPS) is 12.9. The van der Waals surface area contributed by atoms with Gasteiger partial charge in [-0.15, -0.1) is 0 Å². The number of allylic oxidation sites excluding steroid dienone is 4. The molecule has 0 bridgehead atoms. The van der Waals surface area contributed by atoms with Crippen molar-refractivity contribution in [3.05, 3.63) is 23.3 Å². The highest BCUT2D eigenvalue weighted by molar-refractivity contribution is 7.80. The number of thiol groups is 1. The van der Waals surface area contributed by atoms with E-state index in [0.717, 1.165) is 24.4 Å². The lowest BCUT2D eigenvalue weighted by Gasteiger charge is -2.02. The number of aliphatic imine (C=N–C) groups is 1. The van der Waals surface area contributed by atoms with E-state index in [1.165, 1.54) is 11.1 Å². The first-order chi connectivity index (χ1) is 6.61. The number of hydrogen-bond acceptors (Lipinski definition) is 2. The van der Waals surface area contributed by atoms with E-state index in [0.29, 0.717) is 0 Å². The van der Waals surface area contributed by atoms with E-state index in [9.17, 15) is 0 Å². The molecule has 0 aromatic rings. The number of hydrogen-bond donors (Lipinski definition) is 1. The van der Waals surface area contributed by atoms with Gasteiger partial charge in [0.05, 0.1) is 5.71 Å². The van der Waals surface area contributed by atoms with Gasteiger partial charge in [-0.3, -0.25) is 4.99 Å². The fourth-order valence-electron chi connectivity index (χ4n) is 0.976. The quantitative estimate of drug-likeness (QED) is 0.404. The Kier molecular flexibility index (Phi) is 7.58. The second-order valence-electron chi connectivity index (χ2n) is 3.54. The van der Waals surface area contributed by atoms with E-state index in [2.05, 4.69) is 50.5 Å². The predicted octanol–water partition coefficient (Wildman–Crippen LogP) is 3.68. The van der Waals surface area contributed by atoms with E-state index in [1.807, 2.05) is 6.92 Å².